The van der Waals surface area contributed by atoms with Crippen LogP contribution in [0.15, 0.2) is 11.5 Å². The van der Waals surface area contributed by atoms with Crippen LogP contribution in [0.1, 0.15) is 32.1 Å². The minimum absolute atomic E-state index is 0.0352. The molecular formula is C13H21N5O3S2. The summed E-state index contributed by atoms with van der Waals surface area (Å²) in [5.41, 5.74) is 0. The maximum Gasteiger partial charge on any atom is 0.233 e. The number of thioether (sulfide) groups is 1. The number of carbonyl (C=O) groups excluding carboxylic acids is 1. The van der Waals surface area contributed by atoms with Crippen LogP contribution in [0.3, 0.4) is 0 Å². The Hall–Kier alpha value is -1.29. The van der Waals surface area contributed by atoms with Gasteiger partial charge in [0.2, 0.25) is 11.1 Å². The molecule has 2 aliphatic rings. The van der Waals surface area contributed by atoms with E-state index in [2.05, 4.69) is 10.2 Å². The number of carbonyl (C=O) groups is 1. The van der Waals surface area contributed by atoms with E-state index in [9.17, 15) is 13.2 Å². The summed E-state index contributed by atoms with van der Waals surface area (Å²) in [5, 5.41) is 8.01. The predicted octanol–water partition coefficient (Wildman–Crippen LogP) is 0.0423. The lowest BCUT2D eigenvalue weighted by Crippen LogP contribution is -2.47. The number of aromatic nitrogens is 3. The van der Waals surface area contributed by atoms with Gasteiger partial charge in [0.05, 0.1) is 17.3 Å². The molecule has 0 radical (unpaired) electrons. The molecular weight excluding hydrogens is 338 g/mol. The van der Waals surface area contributed by atoms with Gasteiger partial charge in [-0.25, -0.2) is 13.1 Å². The molecule has 1 aromatic rings. The summed E-state index contributed by atoms with van der Waals surface area (Å²) in [4.78, 5) is 14.6. The standard InChI is InChI=1S/C13H21N5O3S2/c14-17-9-15-16-13(17)22-7-12(19)18(10-3-1-2-4-10)11-5-6-23(20,21)8-11/h9-11H,1-8,14H2. The molecule has 1 saturated heterocycles. The summed E-state index contributed by atoms with van der Waals surface area (Å²) < 4.78 is 24.9. The summed E-state index contributed by atoms with van der Waals surface area (Å²) in [5.74, 6) is 6.08. The van der Waals surface area contributed by atoms with Gasteiger partial charge >= 0.3 is 0 Å². The number of rotatable bonds is 5. The molecule has 0 bridgehead atoms. The average molecular weight is 359 g/mol. The van der Waals surface area contributed by atoms with E-state index in [1.54, 1.807) is 0 Å². The van der Waals surface area contributed by atoms with Crippen molar-refractivity contribution in [3.63, 3.8) is 0 Å². The number of hydrogen-bond donors (Lipinski definition) is 1. The van der Waals surface area contributed by atoms with E-state index < -0.39 is 9.84 Å². The Balaban J connectivity index is 1.69. The molecule has 23 heavy (non-hydrogen) atoms. The van der Waals surface area contributed by atoms with Gasteiger partial charge in [0, 0.05) is 12.1 Å². The third kappa shape index (κ3) is 3.79. The zero-order chi connectivity index (χ0) is 16.4. The minimum atomic E-state index is -3.02. The van der Waals surface area contributed by atoms with Crippen LogP contribution < -0.4 is 5.84 Å². The van der Waals surface area contributed by atoms with Crippen molar-refractivity contribution in [1.82, 2.24) is 19.8 Å². The molecule has 128 valence electrons. The summed E-state index contributed by atoms with van der Waals surface area (Å²) in [6.07, 6.45) is 6.03. The van der Waals surface area contributed by atoms with E-state index in [1.807, 2.05) is 4.90 Å². The summed E-state index contributed by atoms with van der Waals surface area (Å²) in [6, 6.07) is -0.0240. The Morgan fingerprint density at radius 1 is 1.35 bits per heavy atom. The van der Waals surface area contributed by atoms with E-state index in [1.165, 1.54) is 22.8 Å². The fourth-order valence-corrected chi connectivity index (χ4v) is 5.83. The van der Waals surface area contributed by atoms with Crippen molar-refractivity contribution in [2.75, 3.05) is 23.1 Å². The van der Waals surface area contributed by atoms with Gasteiger partial charge in [0.15, 0.2) is 9.84 Å². The molecule has 1 aromatic heterocycles. The lowest BCUT2D eigenvalue weighted by Gasteiger charge is -2.34. The van der Waals surface area contributed by atoms with Gasteiger partial charge in [0.1, 0.15) is 6.33 Å². The molecule has 1 atom stereocenters. The maximum absolute atomic E-state index is 12.7. The first-order valence-electron chi connectivity index (χ1n) is 7.76. The highest BCUT2D eigenvalue weighted by molar-refractivity contribution is 7.99. The van der Waals surface area contributed by atoms with Crippen LogP contribution in [0, 0.1) is 0 Å². The molecule has 2 fully saturated rings. The van der Waals surface area contributed by atoms with Gasteiger partial charge in [-0.05, 0) is 19.3 Å². The monoisotopic (exact) mass is 359 g/mol. The molecule has 1 amide bonds. The highest BCUT2D eigenvalue weighted by atomic mass is 32.2. The Kier molecular flexibility index (Phi) is 4.81. The molecule has 1 aliphatic carbocycles. The lowest BCUT2D eigenvalue weighted by atomic mass is 10.1. The van der Waals surface area contributed by atoms with Crippen molar-refractivity contribution in [1.29, 1.82) is 0 Å². The van der Waals surface area contributed by atoms with Crippen LogP contribution >= 0.6 is 11.8 Å². The fraction of sp³-hybridized carbons (Fsp3) is 0.769. The minimum Gasteiger partial charge on any atom is -0.336 e. The highest BCUT2D eigenvalue weighted by Crippen LogP contribution is 2.30. The van der Waals surface area contributed by atoms with Crippen molar-refractivity contribution in [2.45, 2.75) is 49.3 Å². The van der Waals surface area contributed by atoms with Gasteiger partial charge < -0.3 is 10.7 Å². The number of nitrogens with zero attached hydrogens (tertiary/aromatic N) is 4. The summed E-state index contributed by atoms with van der Waals surface area (Å²) >= 11 is 1.23. The van der Waals surface area contributed by atoms with Gasteiger partial charge in [-0.3, -0.25) is 4.79 Å². The van der Waals surface area contributed by atoms with Crippen molar-refractivity contribution in [3.05, 3.63) is 6.33 Å². The van der Waals surface area contributed by atoms with E-state index in [0.717, 1.165) is 25.7 Å². The molecule has 10 heteroatoms. The molecule has 0 spiro atoms. The fourth-order valence-electron chi connectivity index (χ4n) is 3.42. The zero-order valence-corrected chi connectivity index (χ0v) is 14.4. The number of nitrogens with two attached hydrogens (primary N) is 1. The molecule has 1 saturated carbocycles. The number of sulfone groups is 1. The zero-order valence-electron chi connectivity index (χ0n) is 12.8. The van der Waals surface area contributed by atoms with Crippen LogP contribution in [-0.4, -0.2) is 63.4 Å². The number of nitrogen functional groups attached to an aromatic ring is 1. The Morgan fingerprint density at radius 2 is 2.09 bits per heavy atom. The molecule has 8 nitrogen and oxygen atoms in total. The molecule has 3 rings (SSSR count). The van der Waals surface area contributed by atoms with E-state index >= 15 is 0 Å². The summed E-state index contributed by atoms with van der Waals surface area (Å²) in [6.45, 7) is 0. The number of amides is 1. The van der Waals surface area contributed by atoms with Gasteiger partial charge in [-0.2, -0.15) is 0 Å². The van der Waals surface area contributed by atoms with Crippen LogP contribution in [0.2, 0.25) is 0 Å². The second-order valence-corrected chi connectivity index (χ2v) is 9.28. The second-order valence-electron chi connectivity index (χ2n) is 6.11. The lowest BCUT2D eigenvalue weighted by molar-refractivity contribution is -0.132. The van der Waals surface area contributed by atoms with Crippen molar-refractivity contribution in [2.24, 2.45) is 0 Å². The third-order valence-corrected chi connectivity index (χ3v) is 7.17. The van der Waals surface area contributed by atoms with E-state index in [4.69, 9.17) is 5.84 Å². The molecule has 2 N–H and O–H groups in total. The highest BCUT2D eigenvalue weighted by Gasteiger charge is 2.38. The Labute approximate surface area is 139 Å². The maximum atomic E-state index is 12.7. The van der Waals surface area contributed by atoms with Gasteiger partial charge in [-0.1, -0.05) is 24.6 Å². The van der Waals surface area contributed by atoms with E-state index in [-0.39, 0.29) is 35.2 Å². The Bertz CT molecular complexity index is 669. The Morgan fingerprint density at radius 3 is 2.65 bits per heavy atom. The van der Waals surface area contributed by atoms with Crippen LogP contribution in [-0.2, 0) is 14.6 Å². The molecule has 2 heterocycles. The molecule has 1 unspecified atom stereocenters. The average Bonchev–Trinajstić information content (AvgIpc) is 3.20. The van der Waals surface area contributed by atoms with Gasteiger partial charge in [-0.15, -0.1) is 10.2 Å². The first-order valence-corrected chi connectivity index (χ1v) is 10.6. The smallest absolute Gasteiger partial charge is 0.233 e. The SMILES string of the molecule is Nn1cnnc1SCC(=O)N(C1CCCC1)C1CCS(=O)(=O)C1. The topological polar surface area (TPSA) is 111 Å². The van der Waals surface area contributed by atoms with Crippen LogP contribution in [0.25, 0.3) is 0 Å². The van der Waals surface area contributed by atoms with Crippen molar-refractivity contribution < 1.29 is 13.2 Å². The molecule has 1 aliphatic heterocycles. The van der Waals surface area contributed by atoms with Crippen molar-refractivity contribution in [3.8, 4) is 0 Å². The first kappa shape index (κ1) is 16.6. The quantitative estimate of drug-likeness (QED) is 0.584. The van der Waals surface area contributed by atoms with Crippen LogP contribution in [0.5, 0.6) is 0 Å². The summed E-state index contributed by atoms with van der Waals surface area (Å²) in [7, 11) is -3.02. The largest absolute Gasteiger partial charge is 0.336 e. The predicted molar refractivity (Wildman–Crippen MR) is 87.1 cm³/mol. The third-order valence-electron chi connectivity index (χ3n) is 4.47. The van der Waals surface area contributed by atoms with Crippen LogP contribution in [0.4, 0.5) is 0 Å². The normalized spacial score (nSPS) is 24.1. The first-order chi connectivity index (χ1) is 11.0. The van der Waals surface area contributed by atoms with Gasteiger partial charge in [0.25, 0.3) is 0 Å². The second kappa shape index (κ2) is 6.68. The van der Waals surface area contributed by atoms with Crippen molar-refractivity contribution >= 4 is 27.5 Å². The van der Waals surface area contributed by atoms with E-state index in [0.29, 0.717) is 11.6 Å². The molecule has 0 aromatic carbocycles. The number of hydrogen-bond acceptors (Lipinski definition) is 7.